The lowest BCUT2D eigenvalue weighted by atomic mass is 10.1. The second-order valence-electron chi connectivity index (χ2n) is 5.49. The Bertz CT molecular complexity index is 637. The molecule has 0 bridgehead atoms. The molecule has 0 aromatic carbocycles. The van der Waals surface area contributed by atoms with Crippen LogP contribution in [0.3, 0.4) is 0 Å². The van der Waals surface area contributed by atoms with E-state index >= 15 is 0 Å². The first-order valence-electron chi connectivity index (χ1n) is 7.28. The molecule has 2 aromatic heterocycles. The molecule has 0 saturated carbocycles. The van der Waals surface area contributed by atoms with Crippen LogP contribution in [-0.2, 0) is 13.1 Å². The van der Waals surface area contributed by atoms with Gasteiger partial charge in [-0.3, -0.25) is 4.99 Å². The van der Waals surface area contributed by atoms with Crippen LogP contribution in [0.25, 0.3) is 0 Å². The minimum absolute atomic E-state index is 0. The first kappa shape index (κ1) is 19.9. The Kier molecular flexibility index (Phi) is 7.97. The molecule has 0 saturated heterocycles. The van der Waals surface area contributed by atoms with E-state index in [0.717, 1.165) is 34.7 Å². The molecule has 6 nitrogen and oxygen atoms in total. The van der Waals surface area contributed by atoms with Gasteiger partial charge in [0.15, 0.2) is 11.7 Å². The lowest BCUT2D eigenvalue weighted by molar-refractivity contribution is 0.368. The van der Waals surface area contributed by atoms with Crippen LogP contribution in [0, 0.1) is 6.92 Å². The molecule has 0 aliphatic carbocycles. The first-order valence-corrected chi connectivity index (χ1v) is 8.15. The van der Waals surface area contributed by atoms with Crippen molar-refractivity contribution in [3.05, 3.63) is 33.6 Å². The van der Waals surface area contributed by atoms with Crippen molar-refractivity contribution in [2.45, 2.75) is 39.8 Å². The van der Waals surface area contributed by atoms with E-state index in [4.69, 9.17) is 4.52 Å². The van der Waals surface area contributed by atoms with Crippen LogP contribution in [-0.4, -0.2) is 35.1 Å². The minimum atomic E-state index is 0. The normalized spacial score (nSPS) is 11.5. The molecule has 0 fully saturated rings. The van der Waals surface area contributed by atoms with E-state index in [0.29, 0.717) is 12.5 Å². The number of hydrogen-bond acceptors (Lipinski definition) is 5. The van der Waals surface area contributed by atoms with E-state index < -0.39 is 0 Å². The largest absolute Gasteiger partial charge is 0.359 e. The second kappa shape index (κ2) is 9.21. The Hall–Kier alpha value is -1.16. The second-order valence-corrected chi connectivity index (χ2v) is 6.55. The molecule has 2 heterocycles. The van der Waals surface area contributed by atoms with Crippen LogP contribution in [0.15, 0.2) is 21.0 Å². The number of nitrogens with zero attached hydrogens (tertiary/aromatic N) is 4. The van der Waals surface area contributed by atoms with Gasteiger partial charge in [0, 0.05) is 25.5 Å². The molecular formula is C15H24IN5OS. The highest BCUT2D eigenvalue weighted by molar-refractivity contribution is 14.0. The standard InChI is InChI=1S/C15H23N5OS.HI/c1-10(2)14-6-13(21-19-14)7-17-15(16-4)20(5)8-12-9-22-11(3)18-12;/h6,9-10H,7-8H2,1-5H3,(H,16,17);1H. The van der Waals surface area contributed by atoms with E-state index in [1.54, 1.807) is 18.4 Å². The number of rotatable bonds is 5. The predicted octanol–water partition coefficient (Wildman–Crippen LogP) is 3.39. The number of nitrogens with one attached hydrogen (secondary N) is 1. The van der Waals surface area contributed by atoms with E-state index in [2.05, 4.69) is 39.7 Å². The molecule has 0 aliphatic rings. The summed E-state index contributed by atoms with van der Waals surface area (Å²) < 4.78 is 5.33. The zero-order valence-corrected chi connectivity index (χ0v) is 17.3. The van der Waals surface area contributed by atoms with Gasteiger partial charge < -0.3 is 14.7 Å². The lowest BCUT2D eigenvalue weighted by Crippen LogP contribution is -2.38. The average molecular weight is 449 g/mol. The van der Waals surface area contributed by atoms with E-state index in [1.807, 2.05) is 24.9 Å². The topological polar surface area (TPSA) is 66.6 Å². The van der Waals surface area contributed by atoms with Gasteiger partial charge in [0.1, 0.15) is 0 Å². The number of aliphatic imine (C=N–C) groups is 1. The smallest absolute Gasteiger partial charge is 0.194 e. The van der Waals surface area contributed by atoms with Gasteiger partial charge in [-0.2, -0.15) is 0 Å². The number of aromatic nitrogens is 2. The fraction of sp³-hybridized carbons (Fsp3) is 0.533. The van der Waals surface area contributed by atoms with Crippen LogP contribution in [0.2, 0.25) is 0 Å². The molecule has 2 aromatic rings. The van der Waals surface area contributed by atoms with Crippen LogP contribution >= 0.6 is 35.3 Å². The van der Waals surface area contributed by atoms with Gasteiger partial charge in [0.2, 0.25) is 0 Å². The number of guanidine groups is 1. The first-order chi connectivity index (χ1) is 10.5. The highest BCUT2D eigenvalue weighted by atomic mass is 127. The SMILES string of the molecule is CN=C(NCc1cc(C(C)C)no1)N(C)Cc1csc(C)n1.I. The molecule has 8 heteroatoms. The molecule has 0 atom stereocenters. The van der Waals surface area contributed by atoms with Gasteiger partial charge in [-0.05, 0) is 12.8 Å². The maximum Gasteiger partial charge on any atom is 0.194 e. The number of aryl methyl sites for hydroxylation is 1. The Morgan fingerprint density at radius 3 is 2.74 bits per heavy atom. The summed E-state index contributed by atoms with van der Waals surface area (Å²) in [6.45, 7) is 7.48. The van der Waals surface area contributed by atoms with E-state index in [9.17, 15) is 0 Å². The highest BCUT2D eigenvalue weighted by Crippen LogP contribution is 2.14. The van der Waals surface area contributed by atoms with Crippen LogP contribution < -0.4 is 5.32 Å². The Balaban J connectivity index is 0.00000264. The lowest BCUT2D eigenvalue weighted by Gasteiger charge is -2.20. The predicted molar refractivity (Wildman–Crippen MR) is 105 cm³/mol. The van der Waals surface area contributed by atoms with Crippen molar-refractivity contribution in [2.24, 2.45) is 4.99 Å². The zero-order chi connectivity index (χ0) is 16.1. The molecule has 0 amide bonds. The van der Waals surface area contributed by atoms with Crippen LogP contribution in [0.4, 0.5) is 0 Å². The fourth-order valence-electron chi connectivity index (χ4n) is 2.03. The van der Waals surface area contributed by atoms with Gasteiger partial charge in [-0.25, -0.2) is 4.98 Å². The van der Waals surface area contributed by atoms with Crippen LogP contribution in [0.5, 0.6) is 0 Å². The van der Waals surface area contributed by atoms with Gasteiger partial charge in [-0.1, -0.05) is 19.0 Å². The van der Waals surface area contributed by atoms with Gasteiger partial charge in [-0.15, -0.1) is 35.3 Å². The van der Waals surface area contributed by atoms with Gasteiger partial charge in [0.05, 0.1) is 29.5 Å². The molecular weight excluding hydrogens is 425 g/mol. The third-order valence-corrected chi connectivity index (χ3v) is 4.05. The maximum absolute atomic E-state index is 5.33. The maximum atomic E-state index is 5.33. The summed E-state index contributed by atoms with van der Waals surface area (Å²) in [4.78, 5) is 10.8. The summed E-state index contributed by atoms with van der Waals surface area (Å²) in [6, 6.07) is 1.98. The third-order valence-electron chi connectivity index (χ3n) is 3.23. The molecule has 0 aliphatic heterocycles. The van der Waals surface area contributed by atoms with Crippen molar-refractivity contribution < 1.29 is 4.52 Å². The summed E-state index contributed by atoms with van der Waals surface area (Å²) in [5.74, 6) is 1.98. The average Bonchev–Trinajstić information content (AvgIpc) is 3.09. The van der Waals surface area contributed by atoms with Crippen molar-refractivity contribution in [3.8, 4) is 0 Å². The quantitative estimate of drug-likeness (QED) is 0.431. The number of thiazole rings is 1. The summed E-state index contributed by atoms with van der Waals surface area (Å²) in [5.41, 5.74) is 2.02. The van der Waals surface area contributed by atoms with E-state index in [1.165, 1.54) is 0 Å². The van der Waals surface area contributed by atoms with Crippen molar-refractivity contribution in [2.75, 3.05) is 14.1 Å². The molecule has 2 rings (SSSR count). The number of halogens is 1. The van der Waals surface area contributed by atoms with Gasteiger partial charge >= 0.3 is 0 Å². The Labute approximate surface area is 158 Å². The van der Waals surface area contributed by atoms with Crippen molar-refractivity contribution in [3.63, 3.8) is 0 Å². The Morgan fingerprint density at radius 2 is 2.22 bits per heavy atom. The van der Waals surface area contributed by atoms with Crippen LogP contribution in [0.1, 0.15) is 41.9 Å². The molecule has 0 radical (unpaired) electrons. The monoisotopic (exact) mass is 449 g/mol. The summed E-state index contributed by atoms with van der Waals surface area (Å²) in [5, 5.41) is 10.5. The zero-order valence-electron chi connectivity index (χ0n) is 14.2. The number of hydrogen-bond donors (Lipinski definition) is 1. The highest BCUT2D eigenvalue weighted by Gasteiger charge is 2.11. The molecule has 128 valence electrons. The van der Waals surface area contributed by atoms with Gasteiger partial charge in [0.25, 0.3) is 0 Å². The molecule has 0 unspecified atom stereocenters. The van der Waals surface area contributed by atoms with E-state index in [-0.39, 0.29) is 24.0 Å². The van der Waals surface area contributed by atoms with Crippen molar-refractivity contribution in [1.29, 1.82) is 0 Å². The summed E-state index contributed by atoms with van der Waals surface area (Å²) in [6.07, 6.45) is 0. The molecule has 23 heavy (non-hydrogen) atoms. The summed E-state index contributed by atoms with van der Waals surface area (Å²) >= 11 is 1.66. The summed E-state index contributed by atoms with van der Waals surface area (Å²) in [7, 11) is 3.76. The third kappa shape index (κ3) is 5.76. The van der Waals surface area contributed by atoms with Crippen molar-refractivity contribution >= 4 is 41.3 Å². The fourth-order valence-corrected chi connectivity index (χ4v) is 2.64. The molecule has 0 spiro atoms. The molecule has 1 N–H and O–H groups in total. The minimum Gasteiger partial charge on any atom is -0.359 e. The van der Waals surface area contributed by atoms with Crippen molar-refractivity contribution in [1.82, 2.24) is 20.4 Å². The Morgan fingerprint density at radius 1 is 1.48 bits per heavy atom.